The molecule has 0 saturated carbocycles. The predicted molar refractivity (Wildman–Crippen MR) is 130 cm³/mol. The Hall–Kier alpha value is -3.15. The number of aliphatic hydroxyl groups is 1. The van der Waals surface area contributed by atoms with Crippen molar-refractivity contribution in [2.24, 2.45) is 5.73 Å². The summed E-state index contributed by atoms with van der Waals surface area (Å²) in [5.41, 5.74) is 7.00. The molecule has 5 rings (SSSR count). The van der Waals surface area contributed by atoms with Crippen LogP contribution in [0.2, 0.25) is 5.02 Å². The minimum Gasteiger partial charge on any atom is -0.484 e. The minimum absolute atomic E-state index is 0.0863. The summed E-state index contributed by atoms with van der Waals surface area (Å²) in [7, 11) is 0. The van der Waals surface area contributed by atoms with Gasteiger partial charge >= 0.3 is 0 Å². The van der Waals surface area contributed by atoms with Crippen molar-refractivity contribution >= 4 is 23.5 Å². The highest BCUT2D eigenvalue weighted by atomic mass is 35.5. The Bertz CT molecular complexity index is 1220. The van der Waals surface area contributed by atoms with Gasteiger partial charge in [-0.05, 0) is 36.6 Å². The van der Waals surface area contributed by atoms with Crippen molar-refractivity contribution in [1.82, 2.24) is 19.9 Å². The second-order valence-electron chi connectivity index (χ2n) is 9.06. The molecule has 3 aromatic rings. The zero-order valence-corrected chi connectivity index (χ0v) is 20.2. The van der Waals surface area contributed by atoms with Crippen molar-refractivity contribution in [2.45, 2.75) is 37.5 Å². The van der Waals surface area contributed by atoms with Crippen molar-refractivity contribution in [3.8, 4) is 5.75 Å². The van der Waals surface area contributed by atoms with Gasteiger partial charge in [-0.25, -0.2) is 28.7 Å². The van der Waals surface area contributed by atoms with Crippen LogP contribution in [-0.4, -0.2) is 63.4 Å². The van der Waals surface area contributed by atoms with Crippen LogP contribution in [0.1, 0.15) is 30.0 Å². The Balaban J connectivity index is 1.22. The minimum atomic E-state index is -0.501. The van der Waals surface area contributed by atoms with Gasteiger partial charge in [0, 0.05) is 38.1 Å². The Kier molecular flexibility index (Phi) is 7.13. The number of hydrogen-bond donors (Lipinski definition) is 2. The molecule has 36 heavy (non-hydrogen) atoms. The van der Waals surface area contributed by atoms with Crippen molar-refractivity contribution in [3.63, 3.8) is 0 Å². The summed E-state index contributed by atoms with van der Waals surface area (Å²) in [6.07, 6.45) is 5.81. The Morgan fingerprint density at radius 2 is 1.83 bits per heavy atom. The van der Waals surface area contributed by atoms with Crippen LogP contribution < -0.4 is 20.3 Å². The number of benzene rings is 1. The van der Waals surface area contributed by atoms with E-state index in [4.69, 9.17) is 22.1 Å². The van der Waals surface area contributed by atoms with Gasteiger partial charge in [-0.1, -0.05) is 11.6 Å². The number of rotatable bonds is 6. The van der Waals surface area contributed by atoms with Gasteiger partial charge in [0.1, 0.15) is 23.9 Å². The lowest BCUT2D eigenvalue weighted by molar-refractivity contribution is 0.153. The number of ether oxygens (including phenoxy) is 1. The maximum absolute atomic E-state index is 14.3. The van der Waals surface area contributed by atoms with E-state index in [2.05, 4.69) is 19.9 Å². The molecule has 1 unspecified atom stereocenters. The molecule has 0 radical (unpaired) electrons. The van der Waals surface area contributed by atoms with Crippen LogP contribution >= 0.6 is 11.6 Å². The smallest absolute Gasteiger partial charge is 0.225 e. The van der Waals surface area contributed by atoms with Gasteiger partial charge in [0.2, 0.25) is 11.9 Å². The average Bonchev–Trinajstić information content (AvgIpc) is 3.26. The molecule has 0 spiro atoms. The fourth-order valence-electron chi connectivity index (χ4n) is 4.60. The summed E-state index contributed by atoms with van der Waals surface area (Å²) in [6.45, 7) is 2.10. The van der Waals surface area contributed by atoms with Crippen LogP contribution in [0.5, 0.6) is 5.75 Å². The van der Waals surface area contributed by atoms with E-state index in [-0.39, 0.29) is 18.1 Å². The van der Waals surface area contributed by atoms with Gasteiger partial charge in [-0.15, -0.1) is 0 Å². The fraction of sp³-hybridized carbons (Fsp3) is 0.417. The summed E-state index contributed by atoms with van der Waals surface area (Å²) in [5.74, 6) is -0.0262. The van der Waals surface area contributed by atoms with Gasteiger partial charge in [-0.2, -0.15) is 0 Å². The number of aliphatic hydroxyl groups excluding tert-OH is 1. The van der Waals surface area contributed by atoms with Gasteiger partial charge in [0.25, 0.3) is 0 Å². The van der Waals surface area contributed by atoms with E-state index < -0.39 is 23.8 Å². The van der Waals surface area contributed by atoms with Gasteiger partial charge in [-0.3, -0.25) is 0 Å². The summed E-state index contributed by atoms with van der Waals surface area (Å²) < 4.78 is 33.7. The monoisotopic (exact) mass is 517 g/mol. The number of nitrogens with two attached hydrogens (primary N) is 1. The van der Waals surface area contributed by atoms with Crippen molar-refractivity contribution < 1.29 is 18.6 Å². The quantitative estimate of drug-likeness (QED) is 0.509. The molecule has 12 heteroatoms. The third-order valence-corrected chi connectivity index (χ3v) is 6.79. The maximum Gasteiger partial charge on any atom is 0.225 e. The Morgan fingerprint density at radius 1 is 1.06 bits per heavy atom. The van der Waals surface area contributed by atoms with E-state index in [9.17, 15) is 13.9 Å². The third-order valence-electron chi connectivity index (χ3n) is 6.48. The van der Waals surface area contributed by atoms with E-state index >= 15 is 0 Å². The van der Waals surface area contributed by atoms with Crippen molar-refractivity contribution in [3.05, 3.63) is 64.7 Å². The summed E-state index contributed by atoms with van der Waals surface area (Å²) >= 11 is 6.27. The first-order chi connectivity index (χ1) is 17.4. The summed E-state index contributed by atoms with van der Waals surface area (Å²) in [5, 5.41) is 10.3. The zero-order valence-electron chi connectivity index (χ0n) is 19.4. The molecule has 4 heterocycles. The lowest BCUT2D eigenvalue weighted by Gasteiger charge is -2.30. The molecule has 2 fully saturated rings. The first-order valence-corrected chi connectivity index (χ1v) is 12.1. The van der Waals surface area contributed by atoms with Gasteiger partial charge in [0.05, 0.1) is 29.7 Å². The lowest BCUT2D eigenvalue weighted by atomic mass is 9.94. The molecule has 3 N–H and O–H groups in total. The number of anilines is 2. The van der Waals surface area contributed by atoms with E-state index in [1.807, 2.05) is 9.80 Å². The van der Waals surface area contributed by atoms with E-state index in [0.29, 0.717) is 48.0 Å². The van der Waals surface area contributed by atoms with Crippen LogP contribution in [0.3, 0.4) is 0 Å². The Labute approximate surface area is 211 Å². The summed E-state index contributed by atoms with van der Waals surface area (Å²) in [6, 6.07) is 3.01. The SMILES string of the molecule is N[C@H]1CN(c2ncc(OCc3nc(N4CCCC(O)C4)ncc3Cl)cn2)C[C@@H]1c1cc(F)ccc1F. The Morgan fingerprint density at radius 3 is 2.61 bits per heavy atom. The number of nitrogens with zero attached hydrogens (tertiary/aromatic N) is 6. The molecule has 2 aromatic heterocycles. The topological polar surface area (TPSA) is 114 Å². The van der Waals surface area contributed by atoms with E-state index in [0.717, 1.165) is 31.5 Å². The maximum atomic E-state index is 14.3. The molecule has 0 aliphatic carbocycles. The molecule has 2 saturated heterocycles. The zero-order chi connectivity index (χ0) is 25.2. The molecule has 1 aromatic carbocycles. The number of piperidine rings is 1. The molecular weight excluding hydrogens is 492 g/mol. The van der Waals surface area contributed by atoms with Gasteiger partial charge < -0.3 is 25.4 Å². The highest BCUT2D eigenvalue weighted by molar-refractivity contribution is 6.31. The highest BCUT2D eigenvalue weighted by Gasteiger charge is 2.34. The molecule has 0 bridgehead atoms. The normalized spacial score (nSPS) is 22.2. The number of β-amino-alcohol motifs (C(OH)–C–C–N with tert-alkyl or cyclic N) is 1. The molecule has 0 amide bonds. The first-order valence-electron chi connectivity index (χ1n) is 11.7. The molecular formula is C24H26ClF2N7O2. The van der Waals surface area contributed by atoms with Crippen molar-refractivity contribution in [1.29, 1.82) is 0 Å². The van der Waals surface area contributed by atoms with Crippen LogP contribution in [0.25, 0.3) is 0 Å². The second kappa shape index (κ2) is 10.5. The highest BCUT2D eigenvalue weighted by Crippen LogP contribution is 2.31. The van der Waals surface area contributed by atoms with E-state index in [1.165, 1.54) is 24.7 Å². The van der Waals surface area contributed by atoms with E-state index in [1.54, 1.807) is 0 Å². The van der Waals surface area contributed by atoms with Crippen molar-refractivity contribution in [2.75, 3.05) is 36.0 Å². The standard InChI is InChI=1S/C24H26ClF2N7O2/c25-19-9-31-24(33-5-1-2-15(35)10-33)32-22(19)13-36-16-7-29-23(30-8-16)34-11-18(21(28)12-34)17-6-14(26)3-4-20(17)27/h3-4,6-9,15,18,21,35H,1-2,5,10-13,28H2/t15?,18-,21+/m1/s1. The largest absolute Gasteiger partial charge is 0.484 e. The number of aromatic nitrogens is 4. The number of hydrogen-bond acceptors (Lipinski definition) is 9. The molecule has 3 atom stereocenters. The molecule has 190 valence electrons. The van der Waals surface area contributed by atoms with Crippen LogP contribution in [0, 0.1) is 11.6 Å². The van der Waals surface area contributed by atoms with Crippen LogP contribution in [0.15, 0.2) is 36.8 Å². The average molecular weight is 518 g/mol. The van der Waals surface area contributed by atoms with Crippen LogP contribution in [0.4, 0.5) is 20.7 Å². The van der Waals surface area contributed by atoms with Crippen LogP contribution in [-0.2, 0) is 6.61 Å². The molecule has 2 aliphatic rings. The van der Waals surface area contributed by atoms with Gasteiger partial charge in [0.15, 0.2) is 5.75 Å². The summed E-state index contributed by atoms with van der Waals surface area (Å²) in [4.78, 5) is 21.3. The molecule has 2 aliphatic heterocycles. The first kappa shape index (κ1) is 24.5. The molecule has 9 nitrogen and oxygen atoms in total. The fourth-order valence-corrected chi connectivity index (χ4v) is 4.75. The number of halogens is 3. The third kappa shape index (κ3) is 5.32. The second-order valence-corrected chi connectivity index (χ2v) is 9.46. The predicted octanol–water partition coefficient (Wildman–Crippen LogP) is 2.67. The lowest BCUT2D eigenvalue weighted by Crippen LogP contribution is -2.39.